The molecule has 0 unspecified atom stereocenters. The Morgan fingerprint density at radius 3 is 2.82 bits per heavy atom. The summed E-state index contributed by atoms with van der Waals surface area (Å²) < 4.78 is 5.15. The number of hydrogen-bond donors (Lipinski definition) is 0. The van der Waals surface area contributed by atoms with Crippen LogP contribution in [0.3, 0.4) is 0 Å². The van der Waals surface area contributed by atoms with Crippen molar-refractivity contribution < 1.29 is 4.74 Å². The lowest BCUT2D eigenvalue weighted by Crippen LogP contribution is -2.49. The number of fused-ring (bicyclic) bond motifs is 1. The van der Waals surface area contributed by atoms with Gasteiger partial charge in [-0.05, 0) is 26.3 Å². The van der Waals surface area contributed by atoms with Crippen molar-refractivity contribution in [2.75, 3.05) is 39.9 Å². The number of aliphatic imine (C=N–C) groups is 1. The summed E-state index contributed by atoms with van der Waals surface area (Å²) >= 11 is 0. The van der Waals surface area contributed by atoms with Crippen LogP contribution in [0.5, 0.6) is 0 Å². The first-order valence-corrected chi connectivity index (χ1v) is 6.36. The average molecular weight is 237 g/mol. The third-order valence-corrected chi connectivity index (χ3v) is 3.80. The number of rotatable bonds is 3. The van der Waals surface area contributed by atoms with Crippen LogP contribution in [-0.4, -0.2) is 61.6 Å². The summed E-state index contributed by atoms with van der Waals surface area (Å²) in [6, 6.07) is 0.337. The van der Waals surface area contributed by atoms with Gasteiger partial charge in [0.25, 0.3) is 0 Å². The van der Waals surface area contributed by atoms with Gasteiger partial charge in [0.05, 0.1) is 12.6 Å². The molecule has 2 aliphatic rings. The molecule has 0 aromatic rings. The Hall–Kier alpha value is -0.870. The zero-order chi connectivity index (χ0) is 12.4. The maximum absolute atomic E-state index is 5.15. The lowest BCUT2D eigenvalue weighted by molar-refractivity contribution is 0.133. The minimum absolute atomic E-state index is 0.337. The van der Waals surface area contributed by atoms with Gasteiger partial charge in [0.15, 0.2) is 0 Å². The molecular weight excluding hydrogens is 214 g/mol. The standard InChI is InChI=1S/C13H23N3O/c1-10-11(2)14-12(3)16-6-5-15(7-8-17-4)9-13(10)16/h11H,5-9H2,1-4H3/t11-/m0/s1. The summed E-state index contributed by atoms with van der Waals surface area (Å²) in [5.41, 5.74) is 2.87. The Kier molecular flexibility index (Phi) is 3.84. The van der Waals surface area contributed by atoms with Gasteiger partial charge in [-0.25, -0.2) is 0 Å². The Morgan fingerprint density at radius 1 is 1.35 bits per heavy atom. The zero-order valence-corrected chi connectivity index (χ0v) is 11.4. The van der Waals surface area contributed by atoms with E-state index in [2.05, 4.69) is 35.6 Å². The monoisotopic (exact) mass is 237 g/mol. The van der Waals surface area contributed by atoms with E-state index >= 15 is 0 Å². The van der Waals surface area contributed by atoms with Gasteiger partial charge in [-0.15, -0.1) is 0 Å². The van der Waals surface area contributed by atoms with Gasteiger partial charge in [0, 0.05) is 39.0 Å². The maximum atomic E-state index is 5.15. The van der Waals surface area contributed by atoms with Crippen LogP contribution in [0.1, 0.15) is 20.8 Å². The van der Waals surface area contributed by atoms with E-state index in [1.807, 2.05) is 0 Å². The van der Waals surface area contributed by atoms with Crippen molar-refractivity contribution in [2.45, 2.75) is 26.8 Å². The Morgan fingerprint density at radius 2 is 2.12 bits per heavy atom. The quantitative estimate of drug-likeness (QED) is 0.741. The Bertz CT molecular complexity index is 349. The fourth-order valence-corrected chi connectivity index (χ4v) is 2.55. The van der Waals surface area contributed by atoms with E-state index in [0.29, 0.717) is 6.04 Å². The van der Waals surface area contributed by atoms with Crippen LogP contribution in [-0.2, 0) is 4.74 Å². The summed E-state index contributed by atoms with van der Waals surface area (Å²) in [5, 5.41) is 0. The van der Waals surface area contributed by atoms with Crippen molar-refractivity contribution in [3.05, 3.63) is 11.3 Å². The maximum Gasteiger partial charge on any atom is 0.101 e. The van der Waals surface area contributed by atoms with Crippen LogP contribution in [0.25, 0.3) is 0 Å². The third kappa shape index (κ3) is 2.53. The van der Waals surface area contributed by atoms with Gasteiger partial charge in [-0.1, -0.05) is 0 Å². The highest BCUT2D eigenvalue weighted by atomic mass is 16.5. The molecule has 17 heavy (non-hydrogen) atoms. The molecule has 2 aliphatic heterocycles. The fraction of sp³-hybridized carbons (Fsp3) is 0.769. The first kappa shape index (κ1) is 12.6. The molecule has 1 atom stereocenters. The number of nitrogens with zero attached hydrogens (tertiary/aromatic N) is 3. The van der Waals surface area contributed by atoms with Gasteiger partial charge in [0.2, 0.25) is 0 Å². The molecule has 0 saturated carbocycles. The second-order valence-corrected chi connectivity index (χ2v) is 4.90. The van der Waals surface area contributed by atoms with Crippen molar-refractivity contribution in [3.63, 3.8) is 0 Å². The average Bonchev–Trinajstić information content (AvgIpc) is 2.33. The molecule has 2 rings (SSSR count). The van der Waals surface area contributed by atoms with Gasteiger partial charge >= 0.3 is 0 Å². The van der Waals surface area contributed by atoms with Gasteiger partial charge in [0.1, 0.15) is 5.84 Å². The molecule has 1 saturated heterocycles. The van der Waals surface area contributed by atoms with Crippen LogP contribution in [0.2, 0.25) is 0 Å². The molecule has 0 N–H and O–H groups in total. The molecule has 4 heteroatoms. The van der Waals surface area contributed by atoms with Crippen molar-refractivity contribution >= 4 is 5.84 Å². The van der Waals surface area contributed by atoms with Crippen LogP contribution in [0, 0.1) is 0 Å². The fourth-order valence-electron chi connectivity index (χ4n) is 2.55. The number of piperazine rings is 1. The smallest absolute Gasteiger partial charge is 0.101 e. The Labute approximate surface area is 104 Å². The summed E-state index contributed by atoms with van der Waals surface area (Å²) in [4.78, 5) is 9.51. The van der Waals surface area contributed by atoms with Gasteiger partial charge in [-0.3, -0.25) is 9.89 Å². The lowest BCUT2D eigenvalue weighted by Gasteiger charge is -2.42. The summed E-state index contributed by atoms with van der Waals surface area (Å²) in [7, 11) is 1.76. The van der Waals surface area contributed by atoms with Crippen molar-refractivity contribution in [2.24, 2.45) is 4.99 Å². The summed E-state index contributed by atoms with van der Waals surface area (Å²) in [5.74, 6) is 1.17. The first-order chi connectivity index (χ1) is 8.13. The van der Waals surface area contributed by atoms with Gasteiger partial charge in [-0.2, -0.15) is 0 Å². The molecule has 0 aliphatic carbocycles. The van der Waals surface area contributed by atoms with E-state index in [9.17, 15) is 0 Å². The molecule has 1 fully saturated rings. The van der Waals surface area contributed by atoms with Crippen molar-refractivity contribution in [3.8, 4) is 0 Å². The molecule has 2 heterocycles. The summed E-state index contributed by atoms with van der Waals surface area (Å²) in [6.45, 7) is 11.5. The summed E-state index contributed by atoms with van der Waals surface area (Å²) in [6.07, 6.45) is 0. The van der Waals surface area contributed by atoms with Gasteiger partial charge < -0.3 is 9.64 Å². The van der Waals surface area contributed by atoms with Crippen LogP contribution in [0.15, 0.2) is 16.3 Å². The number of ether oxygens (including phenoxy) is 1. The van der Waals surface area contributed by atoms with Crippen molar-refractivity contribution in [1.82, 2.24) is 9.80 Å². The minimum Gasteiger partial charge on any atom is -0.383 e. The number of methoxy groups -OCH3 is 1. The molecule has 0 aromatic carbocycles. The van der Waals surface area contributed by atoms with E-state index in [1.54, 1.807) is 7.11 Å². The lowest BCUT2D eigenvalue weighted by atomic mass is 10.0. The Balaban J connectivity index is 2.09. The largest absolute Gasteiger partial charge is 0.383 e. The number of hydrogen-bond acceptors (Lipinski definition) is 4. The van der Waals surface area contributed by atoms with Crippen LogP contribution < -0.4 is 0 Å². The third-order valence-electron chi connectivity index (χ3n) is 3.80. The predicted molar refractivity (Wildman–Crippen MR) is 70.3 cm³/mol. The van der Waals surface area contributed by atoms with E-state index in [-0.39, 0.29) is 0 Å². The number of amidine groups is 1. The zero-order valence-electron chi connectivity index (χ0n) is 11.4. The molecular formula is C13H23N3O. The van der Waals surface area contributed by atoms with E-state index in [1.165, 1.54) is 17.1 Å². The van der Waals surface area contributed by atoms with Crippen molar-refractivity contribution in [1.29, 1.82) is 0 Å². The van der Waals surface area contributed by atoms with Crippen LogP contribution in [0.4, 0.5) is 0 Å². The molecule has 4 nitrogen and oxygen atoms in total. The molecule has 0 spiro atoms. The topological polar surface area (TPSA) is 28.1 Å². The molecule has 0 radical (unpaired) electrons. The molecule has 0 amide bonds. The first-order valence-electron chi connectivity index (χ1n) is 6.36. The molecule has 0 bridgehead atoms. The van der Waals surface area contributed by atoms with E-state index < -0.39 is 0 Å². The normalized spacial score (nSPS) is 26.0. The minimum atomic E-state index is 0.337. The SMILES string of the molecule is COCCN1CCN2C(C)=N[C@@H](C)C(C)=C2C1. The molecule has 0 aromatic heterocycles. The van der Waals surface area contributed by atoms with Crippen LogP contribution >= 0.6 is 0 Å². The predicted octanol–water partition coefficient (Wildman–Crippen LogP) is 1.34. The highest BCUT2D eigenvalue weighted by molar-refractivity contribution is 5.83. The second kappa shape index (κ2) is 5.19. The second-order valence-electron chi connectivity index (χ2n) is 4.90. The highest BCUT2D eigenvalue weighted by Gasteiger charge is 2.28. The highest BCUT2D eigenvalue weighted by Crippen LogP contribution is 2.25. The molecule has 96 valence electrons. The van der Waals surface area contributed by atoms with E-state index in [0.717, 1.165) is 32.8 Å². The van der Waals surface area contributed by atoms with E-state index in [4.69, 9.17) is 4.74 Å².